The maximum Gasteiger partial charge on any atom is 0.237 e. The average molecular weight is 352 g/mol. The lowest BCUT2D eigenvalue weighted by Gasteiger charge is -2.10. The summed E-state index contributed by atoms with van der Waals surface area (Å²) >= 11 is 2.92. The monoisotopic (exact) mass is 352 g/mol. The van der Waals surface area contributed by atoms with Gasteiger partial charge in [-0.05, 0) is 33.6 Å². The Kier molecular flexibility index (Phi) is 4.58. The van der Waals surface area contributed by atoms with Crippen LogP contribution in [0.25, 0.3) is 0 Å². The summed E-state index contributed by atoms with van der Waals surface area (Å²) in [5, 5.41) is 19.4. The van der Waals surface area contributed by atoms with Crippen molar-refractivity contribution >= 4 is 39.8 Å². The van der Waals surface area contributed by atoms with E-state index < -0.39 is 0 Å². The highest BCUT2D eigenvalue weighted by atomic mass is 32.2. The van der Waals surface area contributed by atoms with Crippen LogP contribution < -0.4 is 10.6 Å². The highest BCUT2D eigenvalue weighted by Crippen LogP contribution is 2.32. The van der Waals surface area contributed by atoms with Gasteiger partial charge in [-0.3, -0.25) is 9.48 Å². The second kappa shape index (κ2) is 6.48. The van der Waals surface area contributed by atoms with E-state index in [2.05, 4.69) is 25.9 Å². The van der Waals surface area contributed by atoms with Gasteiger partial charge in [0.2, 0.25) is 11.0 Å². The van der Waals surface area contributed by atoms with E-state index in [0.29, 0.717) is 6.04 Å². The van der Waals surface area contributed by atoms with Crippen LogP contribution in [0.15, 0.2) is 4.34 Å². The van der Waals surface area contributed by atoms with E-state index in [4.69, 9.17) is 0 Å². The van der Waals surface area contributed by atoms with Crippen molar-refractivity contribution < 1.29 is 4.79 Å². The summed E-state index contributed by atoms with van der Waals surface area (Å²) in [6.45, 7) is 5.70. The molecule has 1 atom stereocenters. The molecule has 0 bridgehead atoms. The molecule has 1 aliphatic rings. The van der Waals surface area contributed by atoms with Crippen molar-refractivity contribution in [3.8, 4) is 0 Å². The first-order valence-corrected chi connectivity index (χ1v) is 9.21. The third-order valence-electron chi connectivity index (χ3n) is 3.72. The second-order valence-electron chi connectivity index (χ2n) is 5.71. The number of thioether (sulfide) groups is 1. The Balaban J connectivity index is 1.59. The standard InChI is InChI=1S/C14H20N6OS2/c1-7-11(8(2)20(4)19-7)16-12(21)9(3)22-14-18-17-13(23-14)15-10-5-6-10/h9-10H,5-6H2,1-4H3,(H,15,17)(H,16,21)/t9-/m1/s1. The number of nitrogens with one attached hydrogen (secondary N) is 2. The topological polar surface area (TPSA) is 84.7 Å². The van der Waals surface area contributed by atoms with Gasteiger partial charge >= 0.3 is 0 Å². The van der Waals surface area contributed by atoms with Crippen LogP contribution in [-0.4, -0.2) is 37.2 Å². The SMILES string of the molecule is Cc1nn(C)c(C)c1NC(=O)[C@@H](C)Sc1nnc(NC2CC2)s1. The summed E-state index contributed by atoms with van der Waals surface area (Å²) < 4.78 is 2.57. The first-order valence-electron chi connectivity index (χ1n) is 7.52. The van der Waals surface area contributed by atoms with E-state index in [-0.39, 0.29) is 11.2 Å². The molecule has 2 aromatic heterocycles. The number of hydrogen-bond acceptors (Lipinski definition) is 7. The Bertz CT molecular complexity index is 721. The zero-order chi connectivity index (χ0) is 16.6. The fourth-order valence-corrected chi connectivity index (χ4v) is 4.08. The van der Waals surface area contributed by atoms with Crippen LogP contribution in [0, 0.1) is 13.8 Å². The van der Waals surface area contributed by atoms with Crippen molar-refractivity contribution in [2.75, 3.05) is 10.6 Å². The number of anilines is 2. The molecule has 3 rings (SSSR count). The smallest absolute Gasteiger partial charge is 0.237 e. The molecule has 1 saturated carbocycles. The lowest BCUT2D eigenvalue weighted by Crippen LogP contribution is -2.23. The molecule has 124 valence electrons. The third-order valence-corrected chi connectivity index (χ3v) is 5.75. The van der Waals surface area contributed by atoms with Crippen molar-refractivity contribution in [1.29, 1.82) is 0 Å². The van der Waals surface area contributed by atoms with Gasteiger partial charge < -0.3 is 10.6 Å². The van der Waals surface area contributed by atoms with E-state index >= 15 is 0 Å². The lowest BCUT2D eigenvalue weighted by atomic mass is 10.3. The molecule has 2 N–H and O–H groups in total. The Hall–Kier alpha value is -1.61. The van der Waals surface area contributed by atoms with Crippen LogP contribution in [0.4, 0.5) is 10.8 Å². The minimum absolute atomic E-state index is 0.0545. The minimum Gasteiger partial charge on any atom is -0.357 e. The molecule has 23 heavy (non-hydrogen) atoms. The molecule has 0 spiro atoms. The van der Waals surface area contributed by atoms with Crippen LogP contribution in [0.5, 0.6) is 0 Å². The molecule has 2 aromatic rings. The minimum atomic E-state index is -0.254. The number of amides is 1. The third kappa shape index (κ3) is 3.84. The maximum atomic E-state index is 12.4. The van der Waals surface area contributed by atoms with E-state index in [1.54, 1.807) is 4.68 Å². The molecular weight excluding hydrogens is 332 g/mol. The fourth-order valence-electron chi connectivity index (χ4n) is 2.10. The molecule has 1 amide bonds. The Morgan fingerprint density at radius 1 is 1.39 bits per heavy atom. The molecule has 1 aliphatic carbocycles. The largest absolute Gasteiger partial charge is 0.357 e. The molecule has 0 aromatic carbocycles. The van der Waals surface area contributed by atoms with Gasteiger partial charge in [-0.15, -0.1) is 10.2 Å². The van der Waals surface area contributed by atoms with Crippen molar-refractivity contribution in [3.05, 3.63) is 11.4 Å². The molecular formula is C14H20N6OS2. The lowest BCUT2D eigenvalue weighted by molar-refractivity contribution is -0.115. The summed E-state index contributed by atoms with van der Waals surface area (Å²) in [7, 11) is 1.87. The predicted molar refractivity (Wildman–Crippen MR) is 93.2 cm³/mol. The van der Waals surface area contributed by atoms with E-state index in [1.165, 1.54) is 35.9 Å². The number of hydrogen-bond donors (Lipinski definition) is 2. The van der Waals surface area contributed by atoms with Crippen molar-refractivity contribution in [3.63, 3.8) is 0 Å². The first kappa shape index (κ1) is 16.3. The Morgan fingerprint density at radius 2 is 2.13 bits per heavy atom. The average Bonchev–Trinajstić information content (AvgIpc) is 3.15. The molecule has 9 heteroatoms. The van der Waals surface area contributed by atoms with Gasteiger partial charge in [-0.1, -0.05) is 23.1 Å². The number of rotatable bonds is 6. The molecule has 0 saturated heterocycles. The van der Waals surface area contributed by atoms with Gasteiger partial charge in [0, 0.05) is 13.1 Å². The van der Waals surface area contributed by atoms with E-state index in [9.17, 15) is 4.79 Å². The number of carbonyl (C=O) groups excluding carboxylic acids is 1. The van der Waals surface area contributed by atoms with E-state index in [0.717, 1.165) is 26.5 Å². The van der Waals surface area contributed by atoms with Gasteiger partial charge in [0.15, 0.2) is 4.34 Å². The highest BCUT2D eigenvalue weighted by Gasteiger charge is 2.24. The fraction of sp³-hybridized carbons (Fsp3) is 0.571. The second-order valence-corrected chi connectivity index (χ2v) is 8.28. The molecule has 1 fully saturated rings. The molecule has 0 unspecified atom stereocenters. The predicted octanol–water partition coefficient (Wildman–Crippen LogP) is 2.58. The molecule has 0 aliphatic heterocycles. The van der Waals surface area contributed by atoms with Gasteiger partial charge in [0.05, 0.1) is 22.3 Å². The van der Waals surface area contributed by atoms with Crippen LogP contribution >= 0.6 is 23.1 Å². The summed E-state index contributed by atoms with van der Waals surface area (Å²) in [4.78, 5) is 12.4. The number of nitrogens with zero attached hydrogens (tertiary/aromatic N) is 4. The number of aromatic nitrogens is 4. The number of aryl methyl sites for hydroxylation is 2. The van der Waals surface area contributed by atoms with E-state index in [1.807, 2.05) is 27.8 Å². The Morgan fingerprint density at radius 3 is 2.74 bits per heavy atom. The van der Waals surface area contributed by atoms with Crippen LogP contribution in [-0.2, 0) is 11.8 Å². The summed E-state index contributed by atoms with van der Waals surface area (Å²) in [5.74, 6) is -0.0545. The maximum absolute atomic E-state index is 12.4. The number of carbonyl (C=O) groups is 1. The van der Waals surface area contributed by atoms with Gasteiger partial charge in [0.1, 0.15) is 0 Å². The van der Waals surface area contributed by atoms with Crippen LogP contribution in [0.3, 0.4) is 0 Å². The van der Waals surface area contributed by atoms with Crippen molar-refractivity contribution in [2.45, 2.75) is 49.2 Å². The first-order chi connectivity index (χ1) is 10.9. The van der Waals surface area contributed by atoms with Crippen molar-refractivity contribution in [1.82, 2.24) is 20.0 Å². The summed E-state index contributed by atoms with van der Waals surface area (Å²) in [5.41, 5.74) is 2.56. The molecule has 7 nitrogen and oxygen atoms in total. The zero-order valence-electron chi connectivity index (χ0n) is 13.6. The zero-order valence-corrected chi connectivity index (χ0v) is 15.2. The van der Waals surface area contributed by atoms with Crippen LogP contribution in [0.1, 0.15) is 31.2 Å². The van der Waals surface area contributed by atoms with Crippen molar-refractivity contribution in [2.24, 2.45) is 7.05 Å². The van der Waals surface area contributed by atoms with Gasteiger partial charge in [0.25, 0.3) is 0 Å². The highest BCUT2D eigenvalue weighted by molar-refractivity contribution is 8.02. The molecule has 2 heterocycles. The normalized spacial score (nSPS) is 15.5. The Labute approximate surface area is 143 Å². The van der Waals surface area contributed by atoms with Crippen LogP contribution in [0.2, 0.25) is 0 Å². The van der Waals surface area contributed by atoms with Gasteiger partial charge in [-0.2, -0.15) is 5.10 Å². The molecule has 0 radical (unpaired) electrons. The van der Waals surface area contributed by atoms with Gasteiger partial charge in [-0.25, -0.2) is 0 Å². The summed E-state index contributed by atoms with van der Waals surface area (Å²) in [6.07, 6.45) is 2.40. The quantitative estimate of drug-likeness (QED) is 0.777. The summed E-state index contributed by atoms with van der Waals surface area (Å²) in [6, 6.07) is 0.554.